The van der Waals surface area contributed by atoms with E-state index in [1.54, 1.807) is 49.4 Å². The molecule has 2 aromatic rings. The van der Waals surface area contributed by atoms with Crippen molar-refractivity contribution in [1.29, 1.82) is 0 Å². The third kappa shape index (κ3) is 5.60. The van der Waals surface area contributed by atoms with Crippen LogP contribution in [0.2, 0.25) is 5.02 Å². The van der Waals surface area contributed by atoms with Gasteiger partial charge >= 0.3 is 0 Å². The first-order chi connectivity index (χ1) is 12.4. The standard InChI is InChI=1S/C19H20ClN3O3/c1-12-16(20)4-3-5-17(12)21-18(25)10-11-19(26)23-22-13(2)14-6-8-15(24)9-7-14/h3-9,24H,10-11H2,1-2H3,(H,21,25)(H,23,26)/b22-13+. The number of phenols is 1. The first kappa shape index (κ1) is 19.5. The molecule has 0 aromatic heterocycles. The Morgan fingerprint density at radius 1 is 1.08 bits per heavy atom. The number of nitrogens with one attached hydrogen (secondary N) is 2. The predicted octanol–water partition coefficient (Wildman–Crippen LogP) is 3.61. The van der Waals surface area contributed by atoms with Crippen molar-refractivity contribution in [2.45, 2.75) is 26.7 Å². The Morgan fingerprint density at radius 2 is 1.73 bits per heavy atom. The molecule has 0 fully saturated rings. The second-order valence-electron chi connectivity index (χ2n) is 5.74. The average molecular weight is 374 g/mol. The minimum atomic E-state index is -0.360. The molecule has 0 unspecified atom stereocenters. The second kappa shape index (κ2) is 9.01. The lowest BCUT2D eigenvalue weighted by Gasteiger charge is -2.09. The van der Waals surface area contributed by atoms with Crippen molar-refractivity contribution in [3.05, 3.63) is 58.6 Å². The molecule has 2 rings (SSSR count). The summed E-state index contributed by atoms with van der Waals surface area (Å²) in [7, 11) is 0. The summed E-state index contributed by atoms with van der Waals surface area (Å²) in [5.74, 6) is -0.475. The van der Waals surface area contributed by atoms with Gasteiger partial charge in [0.05, 0.1) is 5.71 Å². The molecule has 136 valence electrons. The molecule has 6 nitrogen and oxygen atoms in total. The van der Waals surface area contributed by atoms with Crippen molar-refractivity contribution in [1.82, 2.24) is 5.43 Å². The van der Waals surface area contributed by atoms with Gasteiger partial charge in [0.25, 0.3) is 0 Å². The van der Waals surface area contributed by atoms with Gasteiger partial charge in [0.2, 0.25) is 11.8 Å². The Labute approximate surface area is 156 Å². The Hall–Kier alpha value is -2.86. The highest BCUT2D eigenvalue weighted by atomic mass is 35.5. The van der Waals surface area contributed by atoms with Crippen LogP contribution in [0.1, 0.15) is 30.9 Å². The molecule has 0 aliphatic carbocycles. The van der Waals surface area contributed by atoms with Gasteiger partial charge in [-0.3, -0.25) is 9.59 Å². The summed E-state index contributed by atoms with van der Waals surface area (Å²) >= 11 is 6.01. The van der Waals surface area contributed by atoms with Crippen molar-refractivity contribution >= 4 is 34.8 Å². The van der Waals surface area contributed by atoms with Crippen molar-refractivity contribution in [2.75, 3.05) is 5.32 Å². The lowest BCUT2D eigenvalue weighted by atomic mass is 10.1. The van der Waals surface area contributed by atoms with E-state index in [1.807, 2.05) is 6.92 Å². The summed E-state index contributed by atoms with van der Waals surface area (Å²) in [6.45, 7) is 3.55. The molecule has 2 amide bonds. The van der Waals surface area contributed by atoms with E-state index in [1.165, 1.54) is 0 Å². The van der Waals surface area contributed by atoms with Crippen molar-refractivity contribution in [2.24, 2.45) is 5.10 Å². The first-order valence-corrected chi connectivity index (χ1v) is 8.42. The topological polar surface area (TPSA) is 90.8 Å². The van der Waals surface area contributed by atoms with Crippen LogP contribution >= 0.6 is 11.6 Å². The van der Waals surface area contributed by atoms with Crippen LogP contribution in [0, 0.1) is 6.92 Å². The van der Waals surface area contributed by atoms with Crippen molar-refractivity contribution < 1.29 is 14.7 Å². The maximum Gasteiger partial charge on any atom is 0.240 e. The lowest BCUT2D eigenvalue weighted by molar-refractivity contribution is -0.124. The number of hydrazone groups is 1. The molecule has 26 heavy (non-hydrogen) atoms. The van der Waals surface area contributed by atoms with E-state index in [0.717, 1.165) is 11.1 Å². The molecule has 2 aromatic carbocycles. The average Bonchev–Trinajstić information content (AvgIpc) is 2.62. The van der Waals surface area contributed by atoms with Gasteiger partial charge < -0.3 is 10.4 Å². The van der Waals surface area contributed by atoms with Crippen LogP contribution in [-0.2, 0) is 9.59 Å². The zero-order valence-electron chi connectivity index (χ0n) is 14.5. The van der Waals surface area contributed by atoms with Crippen molar-refractivity contribution in [3.63, 3.8) is 0 Å². The fourth-order valence-electron chi connectivity index (χ4n) is 2.15. The highest BCUT2D eigenvalue weighted by molar-refractivity contribution is 6.31. The SMILES string of the molecule is C/C(=N\NC(=O)CCC(=O)Nc1cccc(Cl)c1C)c1ccc(O)cc1. The molecule has 0 spiro atoms. The number of hydrogen-bond donors (Lipinski definition) is 3. The maximum atomic E-state index is 12.0. The molecular weight excluding hydrogens is 354 g/mol. The van der Waals surface area contributed by atoms with Crippen LogP contribution in [-0.4, -0.2) is 22.6 Å². The van der Waals surface area contributed by atoms with Gasteiger partial charge in [-0.1, -0.05) is 17.7 Å². The van der Waals surface area contributed by atoms with Crippen LogP contribution in [0.15, 0.2) is 47.6 Å². The number of aromatic hydroxyl groups is 1. The number of benzene rings is 2. The largest absolute Gasteiger partial charge is 0.508 e. The minimum absolute atomic E-state index is 0.0117. The number of anilines is 1. The molecule has 0 saturated carbocycles. The third-order valence-corrected chi connectivity index (χ3v) is 4.16. The molecule has 0 aliphatic heterocycles. The monoisotopic (exact) mass is 373 g/mol. The van der Waals surface area contributed by atoms with E-state index in [0.29, 0.717) is 16.4 Å². The molecule has 7 heteroatoms. The summed E-state index contributed by atoms with van der Waals surface area (Å²) in [4.78, 5) is 23.8. The lowest BCUT2D eigenvalue weighted by Crippen LogP contribution is -2.22. The summed E-state index contributed by atoms with van der Waals surface area (Å²) < 4.78 is 0. The Balaban J connectivity index is 1.82. The van der Waals surface area contributed by atoms with Gasteiger partial charge in [-0.05, 0) is 61.4 Å². The highest BCUT2D eigenvalue weighted by Crippen LogP contribution is 2.23. The van der Waals surface area contributed by atoms with Gasteiger partial charge in [-0.25, -0.2) is 5.43 Å². The molecule has 0 radical (unpaired) electrons. The molecule has 0 saturated heterocycles. The summed E-state index contributed by atoms with van der Waals surface area (Å²) in [5, 5.41) is 16.6. The number of rotatable bonds is 6. The van der Waals surface area contributed by atoms with E-state index in [9.17, 15) is 14.7 Å². The van der Waals surface area contributed by atoms with Crippen LogP contribution < -0.4 is 10.7 Å². The number of phenolic OH excluding ortho intramolecular Hbond substituents is 1. The molecule has 0 bridgehead atoms. The van der Waals surface area contributed by atoms with Crippen LogP contribution in [0.3, 0.4) is 0 Å². The number of carbonyl (C=O) groups excluding carboxylic acids is 2. The zero-order valence-corrected chi connectivity index (χ0v) is 15.3. The minimum Gasteiger partial charge on any atom is -0.508 e. The number of hydrogen-bond acceptors (Lipinski definition) is 4. The molecule has 0 aliphatic rings. The smallest absolute Gasteiger partial charge is 0.240 e. The van der Waals surface area contributed by atoms with Gasteiger partial charge in [-0.2, -0.15) is 5.10 Å². The maximum absolute atomic E-state index is 12.0. The number of halogens is 1. The van der Waals surface area contributed by atoms with E-state index >= 15 is 0 Å². The van der Waals surface area contributed by atoms with Gasteiger partial charge in [0.15, 0.2) is 0 Å². The summed E-state index contributed by atoms with van der Waals surface area (Å²) in [6.07, 6.45) is 0.0450. The Kier molecular flexibility index (Phi) is 6.74. The van der Waals surface area contributed by atoms with Gasteiger partial charge in [0, 0.05) is 23.6 Å². The van der Waals surface area contributed by atoms with E-state index in [4.69, 9.17) is 11.6 Å². The summed E-state index contributed by atoms with van der Waals surface area (Å²) in [6, 6.07) is 11.7. The van der Waals surface area contributed by atoms with Crippen LogP contribution in [0.4, 0.5) is 5.69 Å². The number of amides is 2. The number of carbonyl (C=O) groups is 2. The van der Waals surface area contributed by atoms with E-state index in [2.05, 4.69) is 15.8 Å². The normalized spacial score (nSPS) is 11.1. The molecule has 0 atom stereocenters. The Morgan fingerprint density at radius 3 is 2.42 bits per heavy atom. The fourth-order valence-corrected chi connectivity index (χ4v) is 2.33. The molecule has 0 heterocycles. The second-order valence-corrected chi connectivity index (χ2v) is 6.15. The highest BCUT2D eigenvalue weighted by Gasteiger charge is 2.09. The number of nitrogens with zero attached hydrogens (tertiary/aromatic N) is 1. The Bertz CT molecular complexity index is 832. The van der Waals surface area contributed by atoms with Crippen molar-refractivity contribution in [3.8, 4) is 5.75 Å². The van der Waals surface area contributed by atoms with E-state index < -0.39 is 0 Å². The third-order valence-electron chi connectivity index (χ3n) is 3.75. The quantitative estimate of drug-likeness (QED) is 0.533. The summed E-state index contributed by atoms with van der Waals surface area (Å²) in [5.41, 5.74) is 5.20. The van der Waals surface area contributed by atoms with Crippen LogP contribution in [0.5, 0.6) is 5.75 Å². The molecular formula is C19H20ClN3O3. The van der Waals surface area contributed by atoms with E-state index in [-0.39, 0.29) is 30.4 Å². The first-order valence-electron chi connectivity index (χ1n) is 8.04. The van der Waals surface area contributed by atoms with Crippen LogP contribution in [0.25, 0.3) is 0 Å². The predicted molar refractivity (Wildman–Crippen MR) is 103 cm³/mol. The van der Waals surface area contributed by atoms with Gasteiger partial charge in [-0.15, -0.1) is 0 Å². The van der Waals surface area contributed by atoms with Gasteiger partial charge in [0.1, 0.15) is 5.75 Å². The zero-order chi connectivity index (χ0) is 19.1. The molecule has 3 N–H and O–H groups in total. The fraction of sp³-hybridized carbons (Fsp3) is 0.211.